The molecule has 0 rings (SSSR count). The highest BCUT2D eigenvalue weighted by Crippen LogP contribution is 1.91. The average Bonchev–Trinajstić information content (AvgIpc) is 1.82. The van der Waals surface area contributed by atoms with Gasteiger partial charge in [-0.15, -0.1) is 12.3 Å². The molecule has 3 heteroatoms. The summed E-state index contributed by atoms with van der Waals surface area (Å²) in [4.78, 5) is 10.0. The third-order valence-electron chi connectivity index (χ3n) is 0.917. The summed E-state index contributed by atoms with van der Waals surface area (Å²) in [5.41, 5.74) is 5.11. The first-order chi connectivity index (χ1) is 4.18. The Hall–Kier alpha value is -1.01. The minimum atomic E-state index is -0.995. The topological polar surface area (TPSA) is 63.3 Å². The van der Waals surface area contributed by atoms with Crippen LogP contribution in [-0.4, -0.2) is 17.1 Å². The Labute approximate surface area is 53.9 Å². The van der Waals surface area contributed by atoms with Crippen LogP contribution in [-0.2, 0) is 4.79 Å². The first kappa shape index (κ1) is 7.99. The Balaban J connectivity index is 3.41. The highest BCUT2D eigenvalue weighted by molar-refractivity contribution is 5.72. The number of rotatable bonds is 3. The van der Waals surface area contributed by atoms with Crippen molar-refractivity contribution in [3.63, 3.8) is 0 Å². The second-order valence-corrected chi connectivity index (χ2v) is 1.69. The van der Waals surface area contributed by atoms with Gasteiger partial charge in [0.05, 0.1) is 0 Å². The van der Waals surface area contributed by atoms with E-state index < -0.39 is 12.0 Å². The molecule has 0 bridgehead atoms. The third kappa shape index (κ3) is 3.56. The zero-order valence-corrected chi connectivity index (χ0v) is 5.00. The highest BCUT2D eigenvalue weighted by Gasteiger charge is 2.08. The van der Waals surface area contributed by atoms with E-state index in [1.54, 1.807) is 0 Å². The number of hydrogen-bond acceptors (Lipinski definition) is 2. The van der Waals surface area contributed by atoms with Gasteiger partial charge >= 0.3 is 5.97 Å². The van der Waals surface area contributed by atoms with Crippen LogP contribution in [0.25, 0.3) is 0 Å². The Morgan fingerprint density at radius 1 is 1.89 bits per heavy atom. The van der Waals surface area contributed by atoms with Gasteiger partial charge in [-0.05, 0) is 6.42 Å². The van der Waals surface area contributed by atoms with Gasteiger partial charge in [0.1, 0.15) is 6.04 Å². The monoisotopic (exact) mass is 127 g/mol. The van der Waals surface area contributed by atoms with E-state index in [1.165, 1.54) is 0 Å². The SMILES string of the molecule is C#CCC[C@@H](N)C(=O)O. The molecule has 9 heavy (non-hydrogen) atoms. The quantitative estimate of drug-likeness (QED) is 0.516. The number of aliphatic carboxylic acids is 1. The van der Waals surface area contributed by atoms with Gasteiger partial charge in [-0.2, -0.15) is 0 Å². The summed E-state index contributed by atoms with van der Waals surface area (Å²) in [6.07, 6.45) is 5.66. The summed E-state index contributed by atoms with van der Waals surface area (Å²) in [5.74, 6) is 1.32. The molecule has 0 aliphatic heterocycles. The molecule has 0 heterocycles. The van der Waals surface area contributed by atoms with Crippen LogP contribution >= 0.6 is 0 Å². The molecule has 0 fully saturated rings. The van der Waals surface area contributed by atoms with E-state index in [4.69, 9.17) is 17.3 Å². The van der Waals surface area contributed by atoms with E-state index in [0.717, 1.165) is 0 Å². The normalized spacial score (nSPS) is 12.0. The van der Waals surface area contributed by atoms with Gasteiger partial charge in [-0.3, -0.25) is 4.79 Å². The summed E-state index contributed by atoms with van der Waals surface area (Å²) in [5, 5.41) is 8.22. The molecule has 3 N–H and O–H groups in total. The number of hydrogen-bond donors (Lipinski definition) is 2. The number of carboxylic acids is 1. The van der Waals surface area contributed by atoms with Gasteiger partial charge < -0.3 is 10.8 Å². The van der Waals surface area contributed by atoms with Crippen LogP contribution in [0.1, 0.15) is 12.8 Å². The van der Waals surface area contributed by atoms with Crippen molar-refractivity contribution < 1.29 is 9.90 Å². The van der Waals surface area contributed by atoms with E-state index >= 15 is 0 Å². The molecule has 0 amide bonds. The average molecular weight is 127 g/mol. The van der Waals surface area contributed by atoms with Gasteiger partial charge in [0.2, 0.25) is 0 Å². The second kappa shape index (κ2) is 3.93. The van der Waals surface area contributed by atoms with Crippen molar-refractivity contribution in [3.8, 4) is 12.3 Å². The van der Waals surface area contributed by atoms with E-state index in [2.05, 4.69) is 5.92 Å². The molecule has 50 valence electrons. The van der Waals surface area contributed by atoms with Crippen LogP contribution in [0.5, 0.6) is 0 Å². The first-order valence-electron chi connectivity index (χ1n) is 2.60. The summed E-state index contributed by atoms with van der Waals surface area (Å²) >= 11 is 0. The Morgan fingerprint density at radius 3 is 2.78 bits per heavy atom. The van der Waals surface area contributed by atoms with Crippen molar-refractivity contribution >= 4 is 5.97 Å². The van der Waals surface area contributed by atoms with Gasteiger partial charge in [-0.25, -0.2) is 0 Å². The molecule has 3 nitrogen and oxygen atoms in total. The number of carbonyl (C=O) groups is 1. The number of nitrogens with two attached hydrogens (primary N) is 1. The lowest BCUT2D eigenvalue weighted by molar-refractivity contribution is -0.138. The Kier molecular flexibility index (Phi) is 3.49. The second-order valence-electron chi connectivity index (χ2n) is 1.69. The predicted octanol–water partition coefficient (Wildman–Crippen LogP) is -0.188. The van der Waals surface area contributed by atoms with Crippen LogP contribution in [0.4, 0.5) is 0 Å². The van der Waals surface area contributed by atoms with Gasteiger partial charge in [0.25, 0.3) is 0 Å². The standard InChI is InChI=1S/C6H9NO2/c1-2-3-4-5(7)6(8)9/h1,5H,3-4,7H2,(H,8,9)/t5-/m1/s1. The lowest BCUT2D eigenvalue weighted by atomic mass is 10.2. The molecule has 0 saturated heterocycles. The maximum atomic E-state index is 10.0. The number of terminal acetylenes is 1. The fourth-order valence-electron chi connectivity index (χ4n) is 0.362. The van der Waals surface area contributed by atoms with Crippen LogP contribution in [0.3, 0.4) is 0 Å². The van der Waals surface area contributed by atoms with Gasteiger partial charge in [0, 0.05) is 6.42 Å². The van der Waals surface area contributed by atoms with Crippen LogP contribution in [0, 0.1) is 12.3 Å². The van der Waals surface area contributed by atoms with E-state index in [9.17, 15) is 4.79 Å². The van der Waals surface area contributed by atoms with E-state index in [-0.39, 0.29) is 0 Å². The lowest BCUT2D eigenvalue weighted by Crippen LogP contribution is -2.29. The summed E-state index contributed by atoms with van der Waals surface area (Å²) in [6, 6.07) is -0.805. The number of carboxylic acid groups (broad SMARTS) is 1. The van der Waals surface area contributed by atoms with Crippen molar-refractivity contribution in [2.24, 2.45) is 5.73 Å². The minimum absolute atomic E-state index is 0.353. The fourth-order valence-corrected chi connectivity index (χ4v) is 0.362. The van der Waals surface area contributed by atoms with Crippen LogP contribution < -0.4 is 5.73 Å². The van der Waals surface area contributed by atoms with Crippen molar-refractivity contribution in [1.82, 2.24) is 0 Å². The molecular weight excluding hydrogens is 118 g/mol. The molecular formula is C6H9NO2. The first-order valence-corrected chi connectivity index (χ1v) is 2.60. The molecule has 1 atom stereocenters. The lowest BCUT2D eigenvalue weighted by Gasteiger charge is -2.00. The fraction of sp³-hybridized carbons (Fsp3) is 0.500. The highest BCUT2D eigenvalue weighted by atomic mass is 16.4. The minimum Gasteiger partial charge on any atom is -0.480 e. The summed E-state index contributed by atoms with van der Waals surface area (Å²) in [7, 11) is 0. The Bertz CT molecular complexity index is 136. The maximum Gasteiger partial charge on any atom is 0.320 e. The molecule has 0 saturated carbocycles. The molecule has 0 aromatic carbocycles. The predicted molar refractivity (Wildman–Crippen MR) is 33.7 cm³/mol. The zero-order valence-electron chi connectivity index (χ0n) is 5.00. The Morgan fingerprint density at radius 2 is 2.44 bits per heavy atom. The van der Waals surface area contributed by atoms with E-state index in [0.29, 0.717) is 12.8 Å². The molecule has 0 aromatic heterocycles. The molecule has 0 aliphatic rings. The van der Waals surface area contributed by atoms with Crippen molar-refractivity contribution in [1.29, 1.82) is 0 Å². The van der Waals surface area contributed by atoms with Crippen LogP contribution in [0.15, 0.2) is 0 Å². The molecule has 0 unspecified atom stereocenters. The van der Waals surface area contributed by atoms with Crippen molar-refractivity contribution in [2.45, 2.75) is 18.9 Å². The molecule has 0 aromatic rings. The van der Waals surface area contributed by atoms with Gasteiger partial charge in [-0.1, -0.05) is 0 Å². The maximum absolute atomic E-state index is 10.0. The third-order valence-corrected chi connectivity index (χ3v) is 0.917. The smallest absolute Gasteiger partial charge is 0.320 e. The van der Waals surface area contributed by atoms with Crippen LogP contribution in [0.2, 0.25) is 0 Å². The van der Waals surface area contributed by atoms with Crippen molar-refractivity contribution in [2.75, 3.05) is 0 Å². The molecule has 0 spiro atoms. The summed E-state index contributed by atoms with van der Waals surface area (Å²) in [6.45, 7) is 0. The summed E-state index contributed by atoms with van der Waals surface area (Å²) < 4.78 is 0. The molecule has 0 radical (unpaired) electrons. The van der Waals surface area contributed by atoms with Gasteiger partial charge in [0.15, 0.2) is 0 Å². The van der Waals surface area contributed by atoms with E-state index in [1.807, 2.05) is 0 Å². The largest absolute Gasteiger partial charge is 0.480 e. The molecule has 0 aliphatic carbocycles. The zero-order chi connectivity index (χ0) is 7.28. The van der Waals surface area contributed by atoms with Crippen molar-refractivity contribution in [3.05, 3.63) is 0 Å².